The first-order chi connectivity index (χ1) is 17.0. The third-order valence-electron chi connectivity index (χ3n) is 5.12. The minimum atomic E-state index is -4.69. The number of carbonyl (C=O) groups excluding carboxylic acids is 2. The summed E-state index contributed by atoms with van der Waals surface area (Å²) in [4.78, 5) is 41.8. The Hall–Kier alpha value is -3.64. The fourth-order valence-electron chi connectivity index (χ4n) is 3.29. The van der Waals surface area contributed by atoms with Crippen LogP contribution in [0.3, 0.4) is 0 Å². The number of halogens is 4. The van der Waals surface area contributed by atoms with Crippen molar-refractivity contribution in [2.75, 3.05) is 5.32 Å². The van der Waals surface area contributed by atoms with Crippen LogP contribution < -0.4 is 5.32 Å². The van der Waals surface area contributed by atoms with E-state index in [2.05, 4.69) is 25.3 Å². The summed E-state index contributed by atoms with van der Waals surface area (Å²) in [5.74, 6) is -1.43. The van der Waals surface area contributed by atoms with Crippen LogP contribution in [0.5, 0.6) is 0 Å². The lowest BCUT2D eigenvalue weighted by molar-refractivity contribution is -0.137. The Bertz CT molecular complexity index is 1440. The fourth-order valence-corrected chi connectivity index (χ4v) is 4.36. The van der Waals surface area contributed by atoms with Gasteiger partial charge in [-0.2, -0.15) is 13.2 Å². The topological polar surface area (TPSA) is 103 Å². The van der Waals surface area contributed by atoms with Crippen molar-refractivity contribution in [1.29, 1.82) is 0 Å². The molecule has 0 fully saturated rings. The smallest absolute Gasteiger partial charge is 0.306 e. The van der Waals surface area contributed by atoms with E-state index >= 15 is 0 Å². The largest absolute Gasteiger partial charge is 0.418 e. The number of thiazole rings is 1. The second kappa shape index (κ2) is 10.2. The number of Topliss-reactive ketones (excluding diaryl/α,β-unsaturated/α-hetero) is 1. The zero-order chi connectivity index (χ0) is 26.0. The van der Waals surface area contributed by atoms with E-state index < -0.39 is 22.7 Å². The molecule has 8 nitrogen and oxygen atoms in total. The number of aryl methyl sites for hydroxylation is 1. The molecule has 36 heavy (non-hydrogen) atoms. The minimum absolute atomic E-state index is 0.121. The van der Waals surface area contributed by atoms with E-state index in [-0.39, 0.29) is 28.8 Å². The molecule has 1 atom stereocenters. The summed E-state index contributed by atoms with van der Waals surface area (Å²) in [6, 6.07) is 2.38. The average molecular weight is 535 g/mol. The van der Waals surface area contributed by atoms with Crippen molar-refractivity contribution in [2.45, 2.75) is 32.4 Å². The molecule has 1 unspecified atom stereocenters. The molecule has 0 aromatic carbocycles. The predicted molar refractivity (Wildman–Crippen MR) is 128 cm³/mol. The third kappa shape index (κ3) is 5.77. The van der Waals surface area contributed by atoms with Gasteiger partial charge in [-0.1, -0.05) is 18.5 Å². The van der Waals surface area contributed by atoms with Gasteiger partial charge in [0, 0.05) is 36.5 Å². The van der Waals surface area contributed by atoms with Gasteiger partial charge in [0.2, 0.25) is 0 Å². The number of hydrogen-bond donors (Lipinski definition) is 1. The maximum atomic E-state index is 13.0. The van der Waals surface area contributed by atoms with Crippen LogP contribution in [-0.2, 0) is 6.18 Å². The summed E-state index contributed by atoms with van der Waals surface area (Å²) in [7, 11) is 0. The highest BCUT2D eigenvalue weighted by Gasteiger charge is 2.34. The van der Waals surface area contributed by atoms with Crippen molar-refractivity contribution < 1.29 is 22.8 Å². The van der Waals surface area contributed by atoms with E-state index in [0.29, 0.717) is 22.3 Å². The number of anilines is 1. The van der Waals surface area contributed by atoms with Crippen LogP contribution in [0, 0.1) is 6.92 Å². The highest BCUT2D eigenvalue weighted by atomic mass is 35.5. The second-order valence-electron chi connectivity index (χ2n) is 7.95. The lowest BCUT2D eigenvalue weighted by Crippen LogP contribution is -2.13. The molecule has 4 aromatic rings. The van der Waals surface area contributed by atoms with Crippen LogP contribution in [0.2, 0.25) is 5.02 Å². The first kappa shape index (κ1) is 25.5. The SMILES string of the molecule is Cc1cn(-c2cncc(C(=O)CC(C)c3ncc(C(=O)Nc4cc(C(F)(F)F)c(Cl)cn4)s3)c2)cn1. The summed E-state index contributed by atoms with van der Waals surface area (Å²) < 4.78 is 40.9. The van der Waals surface area contributed by atoms with E-state index in [1.807, 2.05) is 13.1 Å². The number of ketones is 1. The molecular formula is C23H18ClF3N6O2S. The van der Waals surface area contributed by atoms with Gasteiger partial charge in [-0.3, -0.25) is 14.6 Å². The van der Waals surface area contributed by atoms with E-state index in [4.69, 9.17) is 11.6 Å². The number of carbonyl (C=O) groups is 2. The van der Waals surface area contributed by atoms with Crippen molar-refractivity contribution in [3.8, 4) is 5.69 Å². The van der Waals surface area contributed by atoms with Crippen molar-refractivity contribution in [3.63, 3.8) is 0 Å². The number of aromatic nitrogens is 5. The van der Waals surface area contributed by atoms with Crippen molar-refractivity contribution >= 4 is 40.4 Å². The van der Waals surface area contributed by atoms with Crippen molar-refractivity contribution in [3.05, 3.63) is 81.2 Å². The average Bonchev–Trinajstić information content (AvgIpc) is 3.49. The van der Waals surface area contributed by atoms with Crippen molar-refractivity contribution in [2.24, 2.45) is 0 Å². The Morgan fingerprint density at radius 1 is 1.14 bits per heavy atom. The molecule has 0 aliphatic rings. The Morgan fingerprint density at radius 3 is 2.61 bits per heavy atom. The van der Waals surface area contributed by atoms with Crippen LogP contribution in [0.25, 0.3) is 5.69 Å². The monoisotopic (exact) mass is 534 g/mol. The summed E-state index contributed by atoms with van der Waals surface area (Å²) >= 11 is 6.60. The Labute approximate surface area is 212 Å². The summed E-state index contributed by atoms with van der Waals surface area (Å²) in [5, 5.41) is 2.28. The number of nitrogens with one attached hydrogen (secondary N) is 1. The molecule has 186 valence electrons. The van der Waals surface area contributed by atoms with Gasteiger partial charge < -0.3 is 9.88 Å². The third-order valence-corrected chi connectivity index (χ3v) is 6.65. The molecule has 1 N–H and O–H groups in total. The first-order valence-electron chi connectivity index (χ1n) is 10.5. The molecule has 4 heterocycles. The first-order valence-corrected chi connectivity index (χ1v) is 11.7. The standard InChI is InChI=1S/C23H18ClF3N6O2S/c1-12(3-18(34)14-4-15(7-28-6-14)33-10-13(2)31-11-33)22-30-9-19(36-22)21(35)32-20-5-16(23(25,26)27)17(24)8-29-20/h4-12H,3H2,1-2H3,(H,29,32,35). The highest BCUT2D eigenvalue weighted by molar-refractivity contribution is 7.13. The lowest BCUT2D eigenvalue weighted by atomic mass is 10.0. The fraction of sp³-hybridized carbons (Fsp3) is 0.217. The van der Waals surface area contributed by atoms with Gasteiger partial charge >= 0.3 is 6.18 Å². The van der Waals surface area contributed by atoms with Gasteiger partial charge in [0.15, 0.2) is 5.78 Å². The molecule has 0 aliphatic carbocycles. The van der Waals surface area contributed by atoms with Gasteiger partial charge in [-0.25, -0.2) is 15.0 Å². The maximum Gasteiger partial charge on any atom is 0.418 e. The van der Waals surface area contributed by atoms with E-state index in [1.54, 1.807) is 30.1 Å². The summed E-state index contributed by atoms with van der Waals surface area (Å²) in [5.41, 5.74) is 0.853. The number of pyridine rings is 2. The second-order valence-corrected chi connectivity index (χ2v) is 9.42. The quantitative estimate of drug-likeness (QED) is 0.304. The molecule has 4 aromatic heterocycles. The molecule has 0 spiro atoms. The minimum Gasteiger partial charge on any atom is -0.306 e. The highest BCUT2D eigenvalue weighted by Crippen LogP contribution is 2.35. The summed E-state index contributed by atoms with van der Waals surface area (Å²) in [6.07, 6.45) is 4.12. The molecule has 13 heteroatoms. The van der Waals surface area contributed by atoms with Crippen LogP contribution in [0.1, 0.15) is 55.6 Å². The normalized spacial score (nSPS) is 12.4. The Morgan fingerprint density at radius 2 is 1.92 bits per heavy atom. The molecule has 0 saturated carbocycles. The number of amides is 1. The Kier molecular flexibility index (Phi) is 7.18. The number of alkyl halides is 3. The number of hydrogen-bond acceptors (Lipinski definition) is 7. The van der Waals surface area contributed by atoms with Crippen LogP contribution in [0.15, 0.2) is 49.4 Å². The van der Waals surface area contributed by atoms with E-state index in [9.17, 15) is 22.8 Å². The zero-order valence-corrected chi connectivity index (χ0v) is 20.4. The molecule has 1 amide bonds. The summed E-state index contributed by atoms with van der Waals surface area (Å²) in [6.45, 7) is 3.65. The van der Waals surface area contributed by atoms with E-state index in [0.717, 1.165) is 23.2 Å². The maximum absolute atomic E-state index is 13.0. The van der Waals surface area contributed by atoms with Gasteiger partial charge in [0.25, 0.3) is 5.91 Å². The molecule has 0 bridgehead atoms. The molecule has 0 saturated heterocycles. The van der Waals surface area contributed by atoms with Gasteiger partial charge in [0.05, 0.1) is 45.7 Å². The number of nitrogens with zero attached hydrogens (tertiary/aromatic N) is 5. The van der Waals surface area contributed by atoms with Crippen LogP contribution in [-0.4, -0.2) is 36.2 Å². The lowest BCUT2D eigenvalue weighted by Gasteiger charge is -2.10. The Balaban J connectivity index is 1.43. The van der Waals surface area contributed by atoms with E-state index in [1.165, 1.54) is 12.4 Å². The number of rotatable bonds is 7. The van der Waals surface area contributed by atoms with Crippen LogP contribution in [0.4, 0.5) is 19.0 Å². The zero-order valence-electron chi connectivity index (χ0n) is 18.9. The number of imidazole rings is 1. The molecular weight excluding hydrogens is 517 g/mol. The van der Waals surface area contributed by atoms with Gasteiger partial charge in [-0.05, 0) is 19.1 Å². The molecule has 0 aliphatic heterocycles. The van der Waals surface area contributed by atoms with Gasteiger partial charge in [-0.15, -0.1) is 11.3 Å². The molecule has 0 radical (unpaired) electrons. The molecule has 4 rings (SSSR count). The van der Waals surface area contributed by atoms with Gasteiger partial charge in [0.1, 0.15) is 10.7 Å². The predicted octanol–water partition coefficient (Wildman–Crippen LogP) is 5.73. The van der Waals surface area contributed by atoms with Crippen LogP contribution >= 0.6 is 22.9 Å². The van der Waals surface area contributed by atoms with Crippen molar-refractivity contribution in [1.82, 2.24) is 24.5 Å².